The fourth-order valence-corrected chi connectivity index (χ4v) is 3.63. The van der Waals surface area contributed by atoms with Crippen LogP contribution in [0.25, 0.3) is 0 Å². The van der Waals surface area contributed by atoms with Gasteiger partial charge in [-0.15, -0.1) is 0 Å². The molecule has 0 spiro atoms. The Morgan fingerprint density at radius 1 is 0.893 bits per heavy atom. The summed E-state index contributed by atoms with van der Waals surface area (Å²) in [7, 11) is 0. The number of carbonyl (C=O) groups excluding carboxylic acids is 1. The van der Waals surface area contributed by atoms with Gasteiger partial charge in [0.15, 0.2) is 0 Å². The smallest absolute Gasteiger partial charge is 0.415 e. The molecule has 0 aromatic heterocycles. The molecule has 3 aromatic carbocycles. The molecule has 1 amide bonds. The monoisotopic (exact) mass is 393 g/mol. The molecule has 1 unspecified atom stereocenters. The van der Waals surface area contributed by atoms with E-state index >= 15 is 0 Å². The van der Waals surface area contributed by atoms with Crippen LogP contribution in [0.1, 0.15) is 25.5 Å². The van der Waals surface area contributed by atoms with Gasteiger partial charge in [0.1, 0.15) is 23.1 Å². The Bertz CT molecular complexity index is 969. The van der Waals surface area contributed by atoms with Crippen LogP contribution in [0.3, 0.4) is 0 Å². The van der Waals surface area contributed by atoms with Crippen molar-refractivity contribution in [3.63, 3.8) is 0 Å². The van der Waals surface area contributed by atoms with Crippen molar-refractivity contribution in [1.29, 1.82) is 0 Å². The lowest BCUT2D eigenvalue weighted by molar-refractivity contribution is 0.0685. The summed E-state index contributed by atoms with van der Waals surface area (Å²) in [6, 6.07) is 24.3. The van der Waals surface area contributed by atoms with Gasteiger partial charge in [-0.2, -0.15) is 0 Å². The maximum absolute atomic E-state index is 12.6. The second kappa shape index (κ2) is 7.21. The molecule has 0 aliphatic carbocycles. The average Bonchev–Trinajstić information content (AvgIpc) is 2.93. The fraction of sp³-hybridized carbons (Fsp3) is 0.174. The van der Waals surface area contributed by atoms with Crippen molar-refractivity contribution >= 4 is 23.4 Å². The first-order valence-electron chi connectivity index (χ1n) is 9.05. The van der Waals surface area contributed by atoms with Crippen LogP contribution in [0, 0.1) is 0 Å². The minimum atomic E-state index is -0.642. The summed E-state index contributed by atoms with van der Waals surface area (Å²) in [5.74, 6) is 1.37. The minimum absolute atomic E-state index is 0.218. The first-order chi connectivity index (χ1) is 13.4. The van der Waals surface area contributed by atoms with Crippen molar-refractivity contribution in [3.05, 3.63) is 89.4 Å². The summed E-state index contributed by atoms with van der Waals surface area (Å²) in [5.41, 5.74) is 1.14. The van der Waals surface area contributed by atoms with Crippen molar-refractivity contribution in [2.24, 2.45) is 0 Å². The van der Waals surface area contributed by atoms with Gasteiger partial charge >= 0.3 is 6.09 Å². The number of cyclic esters (lactones) is 1. The Morgan fingerprint density at radius 2 is 1.46 bits per heavy atom. The number of rotatable bonds is 4. The van der Waals surface area contributed by atoms with Crippen LogP contribution in [0.15, 0.2) is 78.9 Å². The van der Waals surface area contributed by atoms with E-state index in [1.807, 2.05) is 80.6 Å². The largest absolute Gasteiger partial charge is 0.457 e. The second-order valence-corrected chi connectivity index (χ2v) is 7.64. The molecule has 3 aromatic rings. The predicted molar refractivity (Wildman–Crippen MR) is 110 cm³/mol. The molecule has 142 valence electrons. The van der Waals surface area contributed by atoms with Gasteiger partial charge in [0.2, 0.25) is 0 Å². The van der Waals surface area contributed by atoms with Crippen LogP contribution in [-0.4, -0.2) is 11.7 Å². The molecule has 0 N–H and O–H groups in total. The van der Waals surface area contributed by atoms with E-state index in [-0.39, 0.29) is 12.1 Å². The lowest BCUT2D eigenvalue weighted by atomic mass is 9.91. The van der Waals surface area contributed by atoms with Crippen LogP contribution < -0.4 is 9.64 Å². The second-order valence-electron chi connectivity index (χ2n) is 7.20. The molecular formula is C23H20ClNO3. The zero-order valence-electron chi connectivity index (χ0n) is 15.6. The summed E-state index contributed by atoms with van der Waals surface area (Å²) in [5, 5.41) is 0.657. The molecule has 4 rings (SSSR count). The summed E-state index contributed by atoms with van der Waals surface area (Å²) >= 11 is 5.90. The average molecular weight is 394 g/mol. The third-order valence-corrected chi connectivity index (χ3v) is 5.00. The first-order valence-corrected chi connectivity index (χ1v) is 9.42. The van der Waals surface area contributed by atoms with E-state index in [2.05, 4.69) is 0 Å². The zero-order chi connectivity index (χ0) is 19.7. The molecule has 1 atom stereocenters. The Morgan fingerprint density at radius 3 is 2.07 bits per heavy atom. The summed E-state index contributed by atoms with van der Waals surface area (Å²) < 4.78 is 11.5. The highest BCUT2D eigenvalue weighted by Gasteiger charge is 2.49. The van der Waals surface area contributed by atoms with Gasteiger partial charge in [-0.1, -0.05) is 41.9 Å². The number of ether oxygens (including phenoxy) is 2. The Balaban J connectivity index is 1.61. The van der Waals surface area contributed by atoms with Gasteiger partial charge in [0, 0.05) is 10.7 Å². The highest BCUT2D eigenvalue weighted by Crippen LogP contribution is 2.44. The maximum Gasteiger partial charge on any atom is 0.415 e. The molecule has 1 aliphatic rings. The van der Waals surface area contributed by atoms with Crippen LogP contribution >= 0.6 is 11.6 Å². The number of benzene rings is 3. The number of hydrogen-bond acceptors (Lipinski definition) is 3. The molecule has 0 radical (unpaired) electrons. The number of hydrogen-bond donors (Lipinski definition) is 0. The van der Waals surface area contributed by atoms with Crippen molar-refractivity contribution in [1.82, 2.24) is 0 Å². The van der Waals surface area contributed by atoms with E-state index in [4.69, 9.17) is 21.1 Å². The number of anilines is 1. The van der Waals surface area contributed by atoms with Crippen LogP contribution in [0.2, 0.25) is 5.02 Å². The lowest BCUT2D eigenvalue weighted by Crippen LogP contribution is -2.33. The third kappa shape index (κ3) is 3.56. The highest BCUT2D eigenvalue weighted by molar-refractivity contribution is 6.30. The van der Waals surface area contributed by atoms with E-state index in [0.29, 0.717) is 16.5 Å². The van der Waals surface area contributed by atoms with E-state index in [1.54, 1.807) is 17.0 Å². The first kappa shape index (κ1) is 18.4. The molecule has 1 saturated heterocycles. The van der Waals surface area contributed by atoms with Gasteiger partial charge in [-0.05, 0) is 67.9 Å². The van der Waals surface area contributed by atoms with Crippen molar-refractivity contribution in [2.45, 2.75) is 25.5 Å². The number of nitrogens with zero attached hydrogens (tertiary/aromatic N) is 1. The Labute approximate surface area is 169 Å². The summed E-state index contributed by atoms with van der Waals surface area (Å²) in [6.45, 7) is 3.86. The molecule has 1 aliphatic heterocycles. The molecule has 1 heterocycles. The van der Waals surface area contributed by atoms with E-state index < -0.39 is 5.60 Å². The standard InChI is InChI=1S/C23H20ClNO3/c1-23(2)21(16-6-4-3-5-7-16)25(22(26)28-23)18-10-14-20(15-11-18)27-19-12-8-17(24)9-13-19/h3-15,21H,1-2H3. The molecule has 28 heavy (non-hydrogen) atoms. The van der Waals surface area contributed by atoms with E-state index in [9.17, 15) is 4.79 Å². The van der Waals surface area contributed by atoms with Crippen molar-refractivity contribution < 1.29 is 14.3 Å². The molecule has 5 heteroatoms. The SMILES string of the molecule is CC1(C)OC(=O)N(c2ccc(Oc3ccc(Cl)cc3)cc2)C1c1ccccc1. The fourth-order valence-electron chi connectivity index (χ4n) is 3.50. The molecule has 1 fully saturated rings. The van der Waals surface area contributed by atoms with Crippen LogP contribution in [0.5, 0.6) is 11.5 Å². The van der Waals surface area contributed by atoms with Gasteiger partial charge in [0.05, 0.1) is 0 Å². The number of halogens is 1. The highest BCUT2D eigenvalue weighted by atomic mass is 35.5. The number of carbonyl (C=O) groups is 1. The van der Waals surface area contributed by atoms with Gasteiger partial charge in [0.25, 0.3) is 0 Å². The summed E-state index contributed by atoms with van der Waals surface area (Å²) in [4.78, 5) is 14.3. The Hall–Kier alpha value is -2.98. The van der Waals surface area contributed by atoms with Crippen molar-refractivity contribution in [3.8, 4) is 11.5 Å². The normalized spacial score (nSPS) is 18.0. The summed E-state index contributed by atoms with van der Waals surface area (Å²) in [6.07, 6.45) is -0.356. The molecule has 4 nitrogen and oxygen atoms in total. The van der Waals surface area contributed by atoms with Gasteiger partial charge in [-0.3, -0.25) is 4.90 Å². The Kier molecular flexibility index (Phi) is 4.73. The quantitative estimate of drug-likeness (QED) is 0.500. The third-order valence-electron chi connectivity index (χ3n) is 4.74. The van der Waals surface area contributed by atoms with Crippen LogP contribution in [0.4, 0.5) is 10.5 Å². The van der Waals surface area contributed by atoms with E-state index in [0.717, 1.165) is 11.3 Å². The van der Waals surface area contributed by atoms with Crippen LogP contribution in [-0.2, 0) is 4.74 Å². The number of amides is 1. The van der Waals surface area contributed by atoms with Gasteiger partial charge in [-0.25, -0.2) is 4.79 Å². The zero-order valence-corrected chi connectivity index (χ0v) is 16.4. The van der Waals surface area contributed by atoms with Gasteiger partial charge < -0.3 is 9.47 Å². The minimum Gasteiger partial charge on any atom is -0.457 e. The molecular weight excluding hydrogens is 374 g/mol. The topological polar surface area (TPSA) is 38.8 Å². The molecule has 0 bridgehead atoms. The lowest BCUT2D eigenvalue weighted by Gasteiger charge is -2.29. The molecule has 0 saturated carbocycles. The van der Waals surface area contributed by atoms with Crippen molar-refractivity contribution in [2.75, 3.05) is 4.90 Å². The van der Waals surface area contributed by atoms with E-state index in [1.165, 1.54) is 0 Å². The maximum atomic E-state index is 12.6. The predicted octanol–water partition coefficient (Wildman–Crippen LogP) is 6.61.